The van der Waals surface area contributed by atoms with Gasteiger partial charge in [0.2, 0.25) is 15.9 Å². The molecule has 1 heterocycles. The van der Waals surface area contributed by atoms with E-state index in [1.54, 1.807) is 6.92 Å². The second-order valence-corrected chi connectivity index (χ2v) is 6.58. The number of aryl methyl sites for hydroxylation is 1. The SMILES string of the molecule is Cc1cc(F)c(S(=O)(=O)N2CCNC(=O)C2C)cc1N. The Labute approximate surface area is 116 Å². The van der Waals surface area contributed by atoms with E-state index in [0.717, 1.165) is 16.4 Å². The number of piperazine rings is 1. The molecule has 1 aliphatic rings. The van der Waals surface area contributed by atoms with Crippen molar-refractivity contribution in [2.75, 3.05) is 18.8 Å². The molecule has 0 saturated carbocycles. The number of rotatable bonds is 2. The molecular weight excluding hydrogens is 285 g/mol. The van der Waals surface area contributed by atoms with Crippen LogP contribution in [0.15, 0.2) is 17.0 Å². The molecule has 2 rings (SSSR count). The van der Waals surface area contributed by atoms with E-state index < -0.39 is 32.7 Å². The minimum Gasteiger partial charge on any atom is -0.398 e. The van der Waals surface area contributed by atoms with Gasteiger partial charge in [0.05, 0.1) is 0 Å². The summed E-state index contributed by atoms with van der Waals surface area (Å²) in [5.74, 6) is -1.27. The third-order valence-electron chi connectivity index (χ3n) is 3.35. The van der Waals surface area contributed by atoms with Crippen LogP contribution in [-0.2, 0) is 14.8 Å². The summed E-state index contributed by atoms with van der Waals surface area (Å²) in [7, 11) is -4.10. The van der Waals surface area contributed by atoms with Crippen LogP contribution in [0, 0.1) is 12.7 Å². The van der Waals surface area contributed by atoms with Crippen molar-refractivity contribution in [1.82, 2.24) is 9.62 Å². The molecule has 1 saturated heterocycles. The van der Waals surface area contributed by atoms with Gasteiger partial charge in [-0.05, 0) is 31.5 Å². The first-order valence-corrected chi connectivity index (χ1v) is 7.54. The number of nitrogens with one attached hydrogen (secondary N) is 1. The van der Waals surface area contributed by atoms with Gasteiger partial charge in [-0.3, -0.25) is 4.79 Å². The van der Waals surface area contributed by atoms with Gasteiger partial charge in [-0.1, -0.05) is 0 Å². The Bertz CT molecular complexity index is 660. The van der Waals surface area contributed by atoms with Gasteiger partial charge in [0, 0.05) is 18.8 Å². The second-order valence-electron chi connectivity index (χ2n) is 4.72. The van der Waals surface area contributed by atoms with Crippen molar-refractivity contribution in [3.8, 4) is 0 Å². The fourth-order valence-electron chi connectivity index (χ4n) is 2.08. The molecule has 20 heavy (non-hydrogen) atoms. The minimum atomic E-state index is -4.10. The van der Waals surface area contributed by atoms with Crippen LogP contribution in [0.4, 0.5) is 10.1 Å². The number of amides is 1. The molecule has 1 aromatic carbocycles. The number of nitrogen functional groups attached to an aromatic ring is 1. The number of carbonyl (C=O) groups excluding carboxylic acids is 1. The lowest BCUT2D eigenvalue weighted by Gasteiger charge is -2.31. The number of carbonyl (C=O) groups is 1. The van der Waals surface area contributed by atoms with Crippen LogP contribution in [0.25, 0.3) is 0 Å². The first-order chi connectivity index (χ1) is 9.25. The lowest BCUT2D eigenvalue weighted by atomic mass is 10.2. The Morgan fingerprint density at radius 3 is 2.75 bits per heavy atom. The first-order valence-electron chi connectivity index (χ1n) is 6.10. The van der Waals surface area contributed by atoms with Crippen LogP contribution < -0.4 is 11.1 Å². The van der Waals surface area contributed by atoms with E-state index in [0.29, 0.717) is 5.56 Å². The van der Waals surface area contributed by atoms with Crippen molar-refractivity contribution in [1.29, 1.82) is 0 Å². The van der Waals surface area contributed by atoms with Crippen LogP contribution >= 0.6 is 0 Å². The van der Waals surface area contributed by atoms with Gasteiger partial charge in [-0.15, -0.1) is 0 Å². The average Bonchev–Trinajstić information content (AvgIpc) is 2.36. The number of hydrogen-bond acceptors (Lipinski definition) is 4. The van der Waals surface area contributed by atoms with Crippen molar-refractivity contribution in [2.24, 2.45) is 0 Å². The smallest absolute Gasteiger partial charge is 0.246 e. The second kappa shape index (κ2) is 5.02. The summed E-state index contributed by atoms with van der Waals surface area (Å²) in [6.45, 7) is 3.35. The lowest BCUT2D eigenvalue weighted by Crippen LogP contribution is -2.55. The molecule has 0 aliphatic carbocycles. The van der Waals surface area contributed by atoms with Crippen molar-refractivity contribution in [3.05, 3.63) is 23.5 Å². The Hall–Kier alpha value is -1.67. The van der Waals surface area contributed by atoms with Crippen molar-refractivity contribution in [3.63, 3.8) is 0 Å². The number of benzene rings is 1. The zero-order valence-electron chi connectivity index (χ0n) is 11.2. The maximum atomic E-state index is 13.9. The Balaban J connectivity index is 2.50. The summed E-state index contributed by atoms with van der Waals surface area (Å²) in [4.78, 5) is 11.1. The summed E-state index contributed by atoms with van der Waals surface area (Å²) in [5, 5.41) is 2.56. The standard InChI is InChI=1S/C12H16FN3O3S/c1-7-5-9(13)11(6-10(7)14)20(18,19)16-4-3-15-12(17)8(16)2/h5-6,8H,3-4,14H2,1-2H3,(H,15,17). The molecule has 1 amide bonds. The molecule has 3 N–H and O–H groups in total. The maximum Gasteiger partial charge on any atom is 0.246 e. The molecule has 8 heteroatoms. The first kappa shape index (κ1) is 14.7. The number of halogens is 1. The summed E-state index contributed by atoms with van der Waals surface area (Å²) >= 11 is 0. The highest BCUT2D eigenvalue weighted by Crippen LogP contribution is 2.26. The number of nitrogens with zero attached hydrogens (tertiary/aromatic N) is 1. The zero-order chi connectivity index (χ0) is 15.1. The maximum absolute atomic E-state index is 13.9. The highest BCUT2D eigenvalue weighted by Gasteiger charge is 2.37. The molecule has 6 nitrogen and oxygen atoms in total. The van der Waals surface area contributed by atoms with Crippen LogP contribution in [-0.4, -0.2) is 37.8 Å². The predicted octanol–water partition coefficient (Wildman–Crippen LogP) is 0.225. The van der Waals surface area contributed by atoms with E-state index in [9.17, 15) is 17.6 Å². The molecule has 0 aromatic heterocycles. The van der Waals surface area contributed by atoms with Gasteiger partial charge in [0.1, 0.15) is 16.8 Å². The quantitative estimate of drug-likeness (QED) is 0.765. The highest BCUT2D eigenvalue weighted by molar-refractivity contribution is 7.89. The lowest BCUT2D eigenvalue weighted by molar-refractivity contribution is -0.126. The Morgan fingerprint density at radius 1 is 1.45 bits per heavy atom. The fourth-order valence-corrected chi connectivity index (χ4v) is 3.76. The molecule has 0 bridgehead atoms. The molecule has 1 fully saturated rings. The fraction of sp³-hybridized carbons (Fsp3) is 0.417. The third kappa shape index (κ3) is 2.36. The summed E-state index contributed by atoms with van der Waals surface area (Å²) in [6, 6.07) is 1.30. The van der Waals surface area contributed by atoms with E-state index in [4.69, 9.17) is 5.73 Å². The molecule has 1 unspecified atom stereocenters. The molecule has 0 spiro atoms. The third-order valence-corrected chi connectivity index (χ3v) is 5.33. The van der Waals surface area contributed by atoms with Gasteiger partial charge < -0.3 is 11.1 Å². The van der Waals surface area contributed by atoms with Gasteiger partial charge in [0.15, 0.2) is 0 Å². The number of nitrogens with two attached hydrogens (primary N) is 1. The Kier molecular flexibility index (Phi) is 3.70. The highest BCUT2D eigenvalue weighted by atomic mass is 32.2. The minimum absolute atomic E-state index is 0.0997. The van der Waals surface area contributed by atoms with E-state index in [2.05, 4.69) is 5.32 Å². The number of anilines is 1. The average molecular weight is 301 g/mol. The Morgan fingerprint density at radius 2 is 2.10 bits per heavy atom. The molecular formula is C12H16FN3O3S. The van der Waals surface area contributed by atoms with Crippen LogP contribution in [0.5, 0.6) is 0 Å². The van der Waals surface area contributed by atoms with Crippen LogP contribution in [0.2, 0.25) is 0 Å². The van der Waals surface area contributed by atoms with E-state index >= 15 is 0 Å². The summed E-state index contributed by atoms with van der Waals surface area (Å²) < 4.78 is 39.9. The molecule has 110 valence electrons. The van der Waals surface area contributed by atoms with Gasteiger partial charge in [-0.2, -0.15) is 4.31 Å². The normalized spacial score (nSPS) is 20.8. The monoisotopic (exact) mass is 301 g/mol. The van der Waals surface area contributed by atoms with E-state index in [-0.39, 0.29) is 18.8 Å². The van der Waals surface area contributed by atoms with Gasteiger partial charge >= 0.3 is 0 Å². The van der Waals surface area contributed by atoms with Crippen molar-refractivity contribution >= 4 is 21.6 Å². The number of hydrogen-bond donors (Lipinski definition) is 2. The van der Waals surface area contributed by atoms with Crippen LogP contribution in [0.3, 0.4) is 0 Å². The summed E-state index contributed by atoms with van der Waals surface area (Å²) in [5.41, 5.74) is 6.31. The zero-order valence-corrected chi connectivity index (χ0v) is 12.0. The summed E-state index contributed by atoms with van der Waals surface area (Å²) in [6.07, 6.45) is 0. The van der Waals surface area contributed by atoms with Crippen LogP contribution in [0.1, 0.15) is 12.5 Å². The molecule has 1 aliphatic heterocycles. The van der Waals surface area contributed by atoms with E-state index in [1.807, 2.05) is 0 Å². The molecule has 1 aromatic rings. The van der Waals surface area contributed by atoms with Crippen molar-refractivity contribution < 1.29 is 17.6 Å². The van der Waals surface area contributed by atoms with Crippen molar-refractivity contribution in [2.45, 2.75) is 24.8 Å². The predicted molar refractivity (Wildman–Crippen MR) is 71.9 cm³/mol. The van der Waals surface area contributed by atoms with Gasteiger partial charge in [-0.25, -0.2) is 12.8 Å². The largest absolute Gasteiger partial charge is 0.398 e. The van der Waals surface area contributed by atoms with Gasteiger partial charge in [0.25, 0.3) is 0 Å². The number of sulfonamides is 1. The molecule has 0 radical (unpaired) electrons. The molecule has 1 atom stereocenters. The topological polar surface area (TPSA) is 92.5 Å². The van der Waals surface area contributed by atoms with E-state index in [1.165, 1.54) is 6.92 Å².